The molecular weight excluding hydrogens is 995 g/mol. The number of hydrogen-bond donors (Lipinski definition) is 6. The number of rotatable bonds is 26. The Morgan fingerprint density at radius 2 is 1.58 bits per heavy atom. The number of nitrogens with one attached hydrogen (secondary N) is 6. The fourth-order valence-electron chi connectivity index (χ4n) is 9.61. The predicted octanol–water partition coefficient (Wildman–Crippen LogP) is 7.73. The first-order chi connectivity index (χ1) is 37.3. The molecule has 3 aromatic heterocycles. The van der Waals surface area contributed by atoms with Crippen LogP contribution in [-0.4, -0.2) is 118 Å². The molecule has 0 unspecified atom stereocenters. The van der Waals surface area contributed by atoms with Gasteiger partial charge >= 0.3 is 0 Å². The molecule has 408 valence electrons. The van der Waals surface area contributed by atoms with Crippen LogP contribution in [-0.2, 0) is 42.5 Å². The molecular formula is C58H73N11O7S. The van der Waals surface area contributed by atoms with Crippen LogP contribution in [0.25, 0.3) is 21.8 Å². The fourth-order valence-corrected chi connectivity index (χ4v) is 10.4. The summed E-state index contributed by atoms with van der Waals surface area (Å²) < 4.78 is 17.5. The van der Waals surface area contributed by atoms with Gasteiger partial charge in [0.25, 0.3) is 5.91 Å². The van der Waals surface area contributed by atoms with E-state index in [1.165, 1.54) is 0 Å². The van der Waals surface area contributed by atoms with E-state index in [1.54, 1.807) is 28.6 Å². The Morgan fingerprint density at radius 3 is 2.36 bits per heavy atom. The highest BCUT2D eigenvalue weighted by molar-refractivity contribution is 7.13. The third-order valence-corrected chi connectivity index (χ3v) is 14.9. The fraction of sp³-hybridized carbons (Fsp3) is 0.448. The average molecular weight is 1070 g/mol. The summed E-state index contributed by atoms with van der Waals surface area (Å²) in [5.74, 6) is 1.09. The second-order valence-corrected chi connectivity index (χ2v) is 21.6. The van der Waals surface area contributed by atoms with Crippen molar-refractivity contribution in [2.75, 3.05) is 58.0 Å². The van der Waals surface area contributed by atoms with Crippen molar-refractivity contribution in [1.29, 1.82) is 0 Å². The van der Waals surface area contributed by atoms with Gasteiger partial charge in [0.15, 0.2) is 11.6 Å². The molecule has 3 aromatic carbocycles. The molecule has 0 radical (unpaired) electrons. The van der Waals surface area contributed by atoms with Gasteiger partial charge in [-0.2, -0.15) is 5.10 Å². The number of carbonyl (C=O) groups is 4. The van der Waals surface area contributed by atoms with Gasteiger partial charge in [0, 0.05) is 68.7 Å². The van der Waals surface area contributed by atoms with E-state index in [1.807, 2.05) is 118 Å². The number of anilines is 1. The first kappa shape index (κ1) is 56.2. The maximum atomic E-state index is 14.0. The maximum Gasteiger partial charge on any atom is 0.251 e. The smallest absolute Gasteiger partial charge is 0.251 e. The lowest BCUT2D eigenvalue weighted by atomic mass is 9.85. The number of likely N-dealkylation sites (tertiary alicyclic amines) is 1. The summed E-state index contributed by atoms with van der Waals surface area (Å²) in [4.78, 5) is 69.9. The van der Waals surface area contributed by atoms with E-state index in [2.05, 4.69) is 46.7 Å². The van der Waals surface area contributed by atoms with Crippen LogP contribution < -0.4 is 31.3 Å². The number of thiazole rings is 1. The molecule has 5 heterocycles. The molecule has 6 N–H and O–H groups in total. The van der Waals surface area contributed by atoms with Gasteiger partial charge in [-0.3, -0.25) is 29.3 Å². The minimum atomic E-state index is -0.826. The minimum Gasteiger partial charge on any atom is -0.494 e. The van der Waals surface area contributed by atoms with Crippen molar-refractivity contribution in [3.8, 4) is 27.6 Å². The van der Waals surface area contributed by atoms with Crippen molar-refractivity contribution in [3.05, 3.63) is 131 Å². The molecule has 0 bridgehead atoms. The van der Waals surface area contributed by atoms with E-state index in [-0.39, 0.29) is 30.2 Å². The number of aryl methyl sites for hydroxylation is 1. The summed E-state index contributed by atoms with van der Waals surface area (Å²) in [7, 11) is 0. The van der Waals surface area contributed by atoms with Crippen LogP contribution >= 0.6 is 11.3 Å². The molecule has 8 rings (SSSR count). The number of nitrogens with zero attached hydrogens (tertiary/aromatic N) is 5. The van der Waals surface area contributed by atoms with Crippen molar-refractivity contribution in [2.24, 2.45) is 5.41 Å². The third kappa shape index (κ3) is 15.8. The second kappa shape index (κ2) is 27.3. The number of hydrogen-bond acceptors (Lipinski definition) is 14. The highest BCUT2D eigenvalue weighted by atomic mass is 32.1. The Kier molecular flexibility index (Phi) is 19.9. The Hall–Kier alpha value is -7.06. The number of benzene rings is 3. The SMILES string of the molecule is Cc1ncsc1-c1ccc(CNC(=O)[C@@H]2CCCN2C(=O)[C@@H](NC(=O)COCCCOCCCCCOc2cccc(CNC(=O)c3cccc(NC4(c5nc(-c6ccncc6)n[nH]5)CCNCC4)c3)c2)C(C)(C)C)cc1. The first-order valence-electron chi connectivity index (χ1n) is 26.8. The van der Waals surface area contributed by atoms with Gasteiger partial charge < -0.3 is 45.7 Å². The van der Waals surface area contributed by atoms with Gasteiger partial charge in [0.05, 0.1) is 28.2 Å². The lowest BCUT2D eigenvalue weighted by Gasteiger charge is -2.37. The number of amides is 4. The summed E-state index contributed by atoms with van der Waals surface area (Å²) in [5.41, 5.74) is 6.98. The summed E-state index contributed by atoms with van der Waals surface area (Å²) in [6, 6.07) is 25.7. The van der Waals surface area contributed by atoms with Crippen LogP contribution in [0.4, 0.5) is 5.69 Å². The monoisotopic (exact) mass is 1070 g/mol. The lowest BCUT2D eigenvalue weighted by Crippen LogP contribution is -2.58. The molecule has 18 nitrogen and oxygen atoms in total. The van der Waals surface area contributed by atoms with Crippen molar-refractivity contribution < 1.29 is 33.4 Å². The van der Waals surface area contributed by atoms with E-state index in [4.69, 9.17) is 19.2 Å². The van der Waals surface area contributed by atoms with Gasteiger partial charge in [-0.15, -0.1) is 11.3 Å². The van der Waals surface area contributed by atoms with Crippen LogP contribution in [0.15, 0.2) is 103 Å². The van der Waals surface area contributed by atoms with E-state index >= 15 is 0 Å². The predicted molar refractivity (Wildman–Crippen MR) is 297 cm³/mol. The Morgan fingerprint density at radius 1 is 0.831 bits per heavy atom. The Balaban J connectivity index is 0.674. The molecule has 4 amide bonds. The number of pyridine rings is 1. The van der Waals surface area contributed by atoms with Crippen molar-refractivity contribution in [3.63, 3.8) is 0 Å². The normalized spacial score (nSPS) is 15.6. The summed E-state index contributed by atoms with van der Waals surface area (Å²) >= 11 is 1.60. The van der Waals surface area contributed by atoms with Crippen LogP contribution in [0, 0.1) is 12.3 Å². The molecule has 2 atom stereocenters. The maximum absolute atomic E-state index is 14.0. The van der Waals surface area contributed by atoms with Gasteiger partial charge in [0.2, 0.25) is 17.7 Å². The van der Waals surface area contributed by atoms with Gasteiger partial charge in [0.1, 0.15) is 24.4 Å². The Bertz CT molecular complexity index is 2860. The van der Waals surface area contributed by atoms with Crippen molar-refractivity contribution in [1.82, 2.24) is 51.3 Å². The molecule has 2 saturated heterocycles. The Labute approximate surface area is 455 Å². The average Bonchev–Trinajstić information content (AvgIpc) is 4.27. The van der Waals surface area contributed by atoms with Crippen LogP contribution in [0.1, 0.15) is 105 Å². The van der Waals surface area contributed by atoms with E-state index < -0.39 is 23.0 Å². The van der Waals surface area contributed by atoms with Crippen LogP contribution in [0.3, 0.4) is 0 Å². The van der Waals surface area contributed by atoms with E-state index in [9.17, 15) is 19.2 Å². The number of aromatic amines is 1. The summed E-state index contributed by atoms with van der Waals surface area (Å²) in [5, 5.41) is 23.8. The van der Waals surface area contributed by atoms with Gasteiger partial charge in [-0.25, -0.2) is 9.97 Å². The molecule has 77 heavy (non-hydrogen) atoms. The topological polar surface area (TPSA) is 227 Å². The van der Waals surface area contributed by atoms with Crippen LogP contribution in [0.5, 0.6) is 5.75 Å². The molecule has 19 heteroatoms. The molecule has 0 aliphatic carbocycles. The second-order valence-electron chi connectivity index (χ2n) is 20.8. The standard InChI is InChI=1S/C58H73N11O7S/c1-40-50(77-39-63-40)43-19-17-41(18-20-43)36-62-54(72)48-16-10-29-69(48)55(73)51(57(2,3)4)64-49(70)38-75-32-11-31-74-30-6-5-7-33-76-47-15-8-12-42(34-47)37-61-53(71)45-13-9-14-46(35-45)66-58(23-27-60-28-24-58)56-65-52(67-68-56)44-21-25-59-26-22-44/h8-9,12-15,17-22,25-26,34-35,39,48,51,60,66H,5-7,10-11,16,23-24,27-33,36-38H2,1-4H3,(H,61,71)(H,62,72)(H,64,70)(H,65,67,68)/t48-,51+/m0/s1. The largest absolute Gasteiger partial charge is 0.494 e. The van der Waals surface area contributed by atoms with Gasteiger partial charge in [-0.05, 0) is 136 Å². The number of H-pyrrole nitrogens is 1. The highest BCUT2D eigenvalue weighted by Crippen LogP contribution is 2.34. The summed E-state index contributed by atoms with van der Waals surface area (Å²) in [6.45, 7) is 12.3. The number of aromatic nitrogens is 5. The van der Waals surface area contributed by atoms with Crippen LogP contribution in [0.2, 0.25) is 0 Å². The molecule has 0 saturated carbocycles. The quantitative estimate of drug-likeness (QED) is 0.0286. The van der Waals surface area contributed by atoms with Gasteiger partial charge in [-0.1, -0.05) is 63.2 Å². The first-order valence-corrected chi connectivity index (χ1v) is 27.7. The van der Waals surface area contributed by atoms with Crippen molar-refractivity contribution in [2.45, 2.75) is 110 Å². The summed E-state index contributed by atoms with van der Waals surface area (Å²) in [6.07, 6.45) is 9.59. The number of ether oxygens (including phenoxy) is 3. The zero-order valence-electron chi connectivity index (χ0n) is 44.7. The molecule has 6 aromatic rings. The van der Waals surface area contributed by atoms with E-state index in [0.29, 0.717) is 76.7 Å². The van der Waals surface area contributed by atoms with E-state index in [0.717, 1.165) is 95.3 Å². The molecule has 2 aliphatic heterocycles. The molecule has 2 fully saturated rings. The zero-order chi connectivity index (χ0) is 54.0. The third-order valence-electron chi connectivity index (χ3n) is 13.9. The number of piperidine rings is 1. The zero-order valence-corrected chi connectivity index (χ0v) is 45.5. The lowest BCUT2D eigenvalue weighted by molar-refractivity contribution is -0.144. The number of carbonyl (C=O) groups excluding carboxylic acids is 4. The molecule has 0 spiro atoms. The van der Waals surface area contributed by atoms with Crippen molar-refractivity contribution >= 4 is 40.7 Å². The highest BCUT2D eigenvalue weighted by Gasteiger charge is 2.42. The molecule has 2 aliphatic rings. The number of unbranched alkanes of at least 4 members (excludes halogenated alkanes) is 2. The minimum absolute atomic E-state index is 0.176.